The minimum absolute atomic E-state index is 0.151. The van der Waals surface area contributed by atoms with Crippen LogP contribution in [-0.2, 0) is 0 Å². The molecule has 3 aliphatic carbocycles. The van der Waals surface area contributed by atoms with Crippen molar-refractivity contribution in [1.82, 2.24) is 0 Å². The van der Waals surface area contributed by atoms with E-state index in [1.807, 2.05) is 13.8 Å². The molecule has 3 fully saturated rings. The quantitative estimate of drug-likeness (QED) is 0.616. The molecule has 0 heterocycles. The summed E-state index contributed by atoms with van der Waals surface area (Å²) in [6.45, 7) is 11.5. The van der Waals surface area contributed by atoms with E-state index in [1.165, 1.54) is 64.2 Å². The lowest BCUT2D eigenvalue weighted by Gasteiger charge is -2.54. The van der Waals surface area contributed by atoms with Gasteiger partial charge in [0.1, 0.15) is 0 Å². The van der Waals surface area contributed by atoms with Gasteiger partial charge in [0.25, 0.3) is 0 Å². The van der Waals surface area contributed by atoms with Crippen LogP contribution in [0.2, 0.25) is 0 Å². The van der Waals surface area contributed by atoms with E-state index < -0.39 is 0 Å². The average Bonchev–Trinajstić information content (AvgIpc) is 2.82. The molecule has 6 atom stereocenters. The first kappa shape index (κ1) is 18.3. The van der Waals surface area contributed by atoms with Crippen molar-refractivity contribution in [2.45, 2.75) is 104 Å². The van der Waals surface area contributed by atoms with Crippen molar-refractivity contribution in [1.29, 1.82) is 0 Å². The maximum absolute atomic E-state index is 6.94. The van der Waals surface area contributed by atoms with E-state index in [0.29, 0.717) is 5.41 Å². The Morgan fingerprint density at radius 1 is 0.909 bits per heavy atom. The molecule has 3 aliphatic rings. The van der Waals surface area contributed by atoms with Crippen molar-refractivity contribution >= 4 is 0 Å². The SMILES string of the molecule is CC.CCC1(N)CCCCCC2C1CCC1(C)C(C)CCC21. The van der Waals surface area contributed by atoms with Crippen molar-refractivity contribution in [2.24, 2.45) is 34.8 Å². The van der Waals surface area contributed by atoms with E-state index in [-0.39, 0.29) is 5.54 Å². The number of fused-ring (bicyclic) bond motifs is 3. The van der Waals surface area contributed by atoms with Crippen molar-refractivity contribution in [3.05, 3.63) is 0 Å². The van der Waals surface area contributed by atoms with E-state index in [1.54, 1.807) is 0 Å². The predicted octanol–water partition coefficient (Wildman–Crippen LogP) is 6.16. The third-order valence-electron chi connectivity index (χ3n) is 7.99. The van der Waals surface area contributed by atoms with Gasteiger partial charge in [0.2, 0.25) is 0 Å². The standard InChI is InChI=1S/C19H35N.C2H6/c1-4-19(20)12-7-5-6-8-15-16-10-9-14(2)18(16,3)13-11-17(15)19;1-2/h14-17H,4-13,20H2,1-3H3;1-2H3. The Hall–Kier alpha value is -0.0400. The summed E-state index contributed by atoms with van der Waals surface area (Å²) in [5, 5.41) is 0. The van der Waals surface area contributed by atoms with Gasteiger partial charge in [-0.2, -0.15) is 0 Å². The number of hydrogen-bond donors (Lipinski definition) is 1. The van der Waals surface area contributed by atoms with Gasteiger partial charge >= 0.3 is 0 Å². The molecule has 0 aromatic carbocycles. The third-order valence-corrected chi connectivity index (χ3v) is 7.99. The molecule has 3 rings (SSSR count). The molecular formula is C21H41N. The number of hydrogen-bond acceptors (Lipinski definition) is 1. The van der Waals surface area contributed by atoms with Crippen LogP contribution in [0.5, 0.6) is 0 Å². The minimum atomic E-state index is 0.151. The van der Waals surface area contributed by atoms with E-state index in [2.05, 4.69) is 20.8 Å². The van der Waals surface area contributed by atoms with Gasteiger partial charge in [-0.25, -0.2) is 0 Å². The first-order valence-corrected chi connectivity index (χ1v) is 10.3. The van der Waals surface area contributed by atoms with Crippen molar-refractivity contribution in [3.8, 4) is 0 Å². The van der Waals surface area contributed by atoms with Gasteiger partial charge in [-0.3, -0.25) is 0 Å². The third kappa shape index (κ3) is 2.99. The summed E-state index contributed by atoms with van der Waals surface area (Å²) in [4.78, 5) is 0. The lowest BCUT2D eigenvalue weighted by molar-refractivity contribution is -0.0274. The van der Waals surface area contributed by atoms with Crippen molar-refractivity contribution in [3.63, 3.8) is 0 Å². The molecule has 0 aliphatic heterocycles. The summed E-state index contributed by atoms with van der Waals surface area (Å²) < 4.78 is 0. The lowest BCUT2D eigenvalue weighted by atomic mass is 9.52. The molecular weight excluding hydrogens is 266 g/mol. The molecule has 0 amide bonds. The molecule has 0 bridgehead atoms. The fourth-order valence-corrected chi connectivity index (χ4v) is 6.30. The second-order valence-electron chi connectivity index (χ2n) is 8.59. The van der Waals surface area contributed by atoms with Crippen LogP contribution in [0.4, 0.5) is 0 Å². The number of nitrogens with two attached hydrogens (primary N) is 1. The highest BCUT2D eigenvalue weighted by Gasteiger charge is 2.55. The fourth-order valence-electron chi connectivity index (χ4n) is 6.30. The average molecular weight is 308 g/mol. The zero-order valence-corrected chi connectivity index (χ0v) is 16.0. The summed E-state index contributed by atoms with van der Waals surface area (Å²) in [5.74, 6) is 3.66. The van der Waals surface area contributed by atoms with Crippen LogP contribution in [-0.4, -0.2) is 5.54 Å². The van der Waals surface area contributed by atoms with Gasteiger partial charge in [-0.15, -0.1) is 0 Å². The van der Waals surface area contributed by atoms with E-state index >= 15 is 0 Å². The molecule has 0 radical (unpaired) electrons. The maximum atomic E-state index is 6.94. The highest BCUT2D eigenvalue weighted by Crippen LogP contribution is 2.61. The van der Waals surface area contributed by atoms with Gasteiger partial charge in [0.15, 0.2) is 0 Å². The van der Waals surface area contributed by atoms with E-state index in [9.17, 15) is 0 Å². The largest absolute Gasteiger partial charge is 0.325 e. The Kier molecular flexibility index (Phi) is 6.02. The summed E-state index contributed by atoms with van der Waals surface area (Å²) in [7, 11) is 0. The smallest absolute Gasteiger partial charge is 0.0183 e. The molecule has 0 aromatic rings. The molecule has 1 nitrogen and oxygen atoms in total. The van der Waals surface area contributed by atoms with Crippen LogP contribution >= 0.6 is 0 Å². The number of rotatable bonds is 1. The Bertz CT molecular complexity index is 352. The fraction of sp³-hybridized carbons (Fsp3) is 1.00. The van der Waals surface area contributed by atoms with Gasteiger partial charge < -0.3 is 5.73 Å². The zero-order valence-electron chi connectivity index (χ0n) is 16.0. The van der Waals surface area contributed by atoms with Crippen molar-refractivity contribution in [2.75, 3.05) is 0 Å². The molecule has 130 valence electrons. The van der Waals surface area contributed by atoms with Crippen molar-refractivity contribution < 1.29 is 0 Å². The van der Waals surface area contributed by atoms with E-state index in [4.69, 9.17) is 5.73 Å². The molecule has 3 saturated carbocycles. The molecule has 0 aromatic heterocycles. The van der Waals surface area contributed by atoms with Gasteiger partial charge in [0.05, 0.1) is 0 Å². The van der Waals surface area contributed by atoms with Crippen LogP contribution in [0.25, 0.3) is 0 Å². The molecule has 22 heavy (non-hydrogen) atoms. The Labute approximate surface area is 139 Å². The first-order valence-electron chi connectivity index (χ1n) is 10.3. The second-order valence-corrected chi connectivity index (χ2v) is 8.59. The Balaban J connectivity index is 0.000000847. The Morgan fingerprint density at radius 2 is 1.64 bits per heavy atom. The van der Waals surface area contributed by atoms with E-state index in [0.717, 1.165) is 23.7 Å². The summed E-state index contributed by atoms with van der Waals surface area (Å²) >= 11 is 0. The van der Waals surface area contributed by atoms with Crippen LogP contribution in [0, 0.1) is 29.1 Å². The van der Waals surface area contributed by atoms with Crippen LogP contribution in [0.15, 0.2) is 0 Å². The molecule has 0 spiro atoms. The van der Waals surface area contributed by atoms with Gasteiger partial charge in [-0.1, -0.05) is 53.9 Å². The second kappa shape index (κ2) is 7.24. The highest BCUT2D eigenvalue weighted by molar-refractivity contribution is 5.06. The molecule has 0 saturated heterocycles. The first-order chi connectivity index (χ1) is 10.5. The predicted molar refractivity (Wildman–Crippen MR) is 97.9 cm³/mol. The van der Waals surface area contributed by atoms with Gasteiger partial charge in [-0.05, 0) is 74.0 Å². The van der Waals surface area contributed by atoms with Crippen LogP contribution in [0.1, 0.15) is 98.8 Å². The zero-order chi connectivity index (χ0) is 16.4. The summed E-state index contributed by atoms with van der Waals surface area (Å²) in [6, 6.07) is 0. The summed E-state index contributed by atoms with van der Waals surface area (Å²) in [5.41, 5.74) is 7.73. The van der Waals surface area contributed by atoms with Crippen LogP contribution < -0.4 is 5.73 Å². The lowest BCUT2D eigenvalue weighted by Crippen LogP contribution is -2.55. The summed E-state index contributed by atoms with van der Waals surface area (Å²) in [6.07, 6.45) is 14.0. The topological polar surface area (TPSA) is 26.0 Å². The Morgan fingerprint density at radius 3 is 2.32 bits per heavy atom. The van der Waals surface area contributed by atoms with Crippen LogP contribution in [0.3, 0.4) is 0 Å². The molecule has 1 heteroatoms. The normalized spacial score (nSPS) is 48.3. The molecule has 6 unspecified atom stereocenters. The minimum Gasteiger partial charge on any atom is -0.325 e. The molecule has 2 N–H and O–H groups in total. The van der Waals surface area contributed by atoms with Gasteiger partial charge in [0, 0.05) is 5.54 Å². The maximum Gasteiger partial charge on any atom is 0.0183 e. The monoisotopic (exact) mass is 307 g/mol. The highest BCUT2D eigenvalue weighted by atomic mass is 14.8.